The Labute approximate surface area is 185 Å². The van der Waals surface area contributed by atoms with E-state index in [4.69, 9.17) is 11.6 Å². The third-order valence-electron chi connectivity index (χ3n) is 6.32. The van der Waals surface area contributed by atoms with Gasteiger partial charge in [0.2, 0.25) is 5.91 Å². The molecular formula is C25H32ClN3O. The van der Waals surface area contributed by atoms with E-state index in [9.17, 15) is 4.79 Å². The molecule has 0 bridgehead atoms. The van der Waals surface area contributed by atoms with Crippen molar-refractivity contribution >= 4 is 17.5 Å². The second-order valence-corrected chi connectivity index (χ2v) is 9.09. The third-order valence-corrected chi connectivity index (χ3v) is 6.69. The first-order chi connectivity index (χ1) is 14.7. The van der Waals surface area contributed by atoms with E-state index in [-0.39, 0.29) is 11.8 Å². The van der Waals surface area contributed by atoms with Gasteiger partial charge in [-0.3, -0.25) is 14.6 Å². The predicted octanol–water partition coefficient (Wildman–Crippen LogP) is 4.46. The van der Waals surface area contributed by atoms with Crippen LogP contribution in [0.25, 0.3) is 0 Å². The molecule has 160 valence electrons. The quantitative estimate of drug-likeness (QED) is 0.711. The Kier molecular flexibility index (Phi) is 7.42. The van der Waals surface area contributed by atoms with Gasteiger partial charge >= 0.3 is 0 Å². The lowest BCUT2D eigenvalue weighted by atomic mass is 9.96. The van der Waals surface area contributed by atoms with Crippen LogP contribution in [0.1, 0.15) is 42.4 Å². The molecule has 2 fully saturated rings. The summed E-state index contributed by atoms with van der Waals surface area (Å²) in [7, 11) is 0. The van der Waals surface area contributed by atoms with Crippen molar-refractivity contribution in [3.05, 3.63) is 70.2 Å². The second kappa shape index (κ2) is 10.4. The monoisotopic (exact) mass is 425 g/mol. The molecular weight excluding hydrogens is 394 g/mol. The van der Waals surface area contributed by atoms with Gasteiger partial charge in [0.15, 0.2) is 0 Å². The highest BCUT2D eigenvalue weighted by molar-refractivity contribution is 6.31. The minimum absolute atomic E-state index is 0.0516. The van der Waals surface area contributed by atoms with Crippen LogP contribution in [0.15, 0.2) is 48.5 Å². The molecule has 0 spiro atoms. The fourth-order valence-corrected chi connectivity index (χ4v) is 4.77. The lowest BCUT2D eigenvalue weighted by Gasteiger charge is -2.32. The van der Waals surface area contributed by atoms with E-state index in [0.29, 0.717) is 6.54 Å². The Bertz CT molecular complexity index is 833. The number of carbonyl (C=O) groups excluding carboxylic acids is 1. The number of rotatable bonds is 7. The van der Waals surface area contributed by atoms with Crippen molar-refractivity contribution in [1.29, 1.82) is 0 Å². The molecule has 1 N–H and O–H groups in total. The van der Waals surface area contributed by atoms with Crippen LogP contribution in [0.3, 0.4) is 0 Å². The molecule has 2 saturated heterocycles. The Morgan fingerprint density at radius 2 is 1.60 bits per heavy atom. The number of benzene rings is 2. The number of nitrogens with one attached hydrogen (secondary N) is 1. The Hall–Kier alpha value is -1.88. The zero-order valence-corrected chi connectivity index (χ0v) is 18.4. The van der Waals surface area contributed by atoms with Crippen LogP contribution in [0.4, 0.5) is 0 Å². The standard InChI is InChI=1S/C25H32ClN3O/c26-24-8-2-1-6-22(24)18-29-15-5-7-23(19-29)25(30)27-16-20-9-11-21(12-10-20)17-28-13-3-4-14-28/h1-2,6,8-12,23H,3-5,7,13-19H2,(H,27,30)/t23-/m0/s1. The van der Waals surface area contributed by atoms with Gasteiger partial charge < -0.3 is 5.32 Å². The van der Waals surface area contributed by atoms with Crippen molar-refractivity contribution in [3.8, 4) is 0 Å². The zero-order valence-electron chi connectivity index (χ0n) is 17.7. The van der Waals surface area contributed by atoms with E-state index >= 15 is 0 Å². The lowest BCUT2D eigenvalue weighted by molar-refractivity contribution is -0.126. The summed E-state index contributed by atoms with van der Waals surface area (Å²) >= 11 is 6.31. The topological polar surface area (TPSA) is 35.6 Å². The molecule has 2 aromatic carbocycles. The van der Waals surface area contributed by atoms with Gasteiger partial charge in [0.05, 0.1) is 5.92 Å². The molecule has 1 amide bonds. The maximum Gasteiger partial charge on any atom is 0.224 e. The van der Waals surface area contributed by atoms with Crippen molar-refractivity contribution in [2.45, 2.75) is 45.3 Å². The number of hydrogen-bond acceptors (Lipinski definition) is 3. The number of piperidine rings is 1. The fourth-order valence-electron chi connectivity index (χ4n) is 4.58. The summed E-state index contributed by atoms with van der Waals surface area (Å²) in [6.45, 7) is 6.69. The summed E-state index contributed by atoms with van der Waals surface area (Å²) in [4.78, 5) is 17.6. The molecule has 2 heterocycles. The first-order valence-corrected chi connectivity index (χ1v) is 11.6. The van der Waals surface area contributed by atoms with Crippen molar-refractivity contribution in [1.82, 2.24) is 15.1 Å². The van der Waals surface area contributed by atoms with E-state index in [1.807, 2.05) is 18.2 Å². The van der Waals surface area contributed by atoms with Crippen LogP contribution in [-0.2, 0) is 24.4 Å². The number of nitrogens with zero attached hydrogens (tertiary/aromatic N) is 2. The van der Waals surface area contributed by atoms with Crippen molar-refractivity contribution in [2.75, 3.05) is 26.2 Å². The summed E-state index contributed by atoms with van der Waals surface area (Å²) in [6.07, 6.45) is 4.65. The minimum Gasteiger partial charge on any atom is -0.352 e. The minimum atomic E-state index is 0.0516. The average molecular weight is 426 g/mol. The summed E-state index contributed by atoms with van der Waals surface area (Å²) in [5, 5.41) is 3.96. The smallest absolute Gasteiger partial charge is 0.224 e. The maximum absolute atomic E-state index is 12.8. The average Bonchev–Trinajstić information content (AvgIpc) is 3.28. The van der Waals surface area contributed by atoms with Gasteiger partial charge in [-0.05, 0) is 68.1 Å². The summed E-state index contributed by atoms with van der Waals surface area (Å²) < 4.78 is 0. The molecule has 0 radical (unpaired) electrons. The largest absolute Gasteiger partial charge is 0.352 e. The van der Waals surface area contributed by atoms with E-state index in [0.717, 1.165) is 55.2 Å². The second-order valence-electron chi connectivity index (χ2n) is 8.68. The van der Waals surface area contributed by atoms with Crippen LogP contribution >= 0.6 is 11.6 Å². The van der Waals surface area contributed by atoms with Crippen LogP contribution in [-0.4, -0.2) is 41.9 Å². The number of likely N-dealkylation sites (tertiary alicyclic amines) is 2. The van der Waals surface area contributed by atoms with Crippen LogP contribution in [0.5, 0.6) is 0 Å². The van der Waals surface area contributed by atoms with Crippen LogP contribution in [0, 0.1) is 5.92 Å². The SMILES string of the molecule is O=C(NCc1ccc(CN2CCCC2)cc1)[C@H]1CCCN(Cc2ccccc2Cl)C1. The molecule has 30 heavy (non-hydrogen) atoms. The molecule has 2 aliphatic rings. The van der Waals surface area contributed by atoms with Gasteiger partial charge in [-0.2, -0.15) is 0 Å². The van der Waals surface area contributed by atoms with Gasteiger partial charge in [0.1, 0.15) is 0 Å². The highest BCUT2D eigenvalue weighted by Gasteiger charge is 2.26. The van der Waals surface area contributed by atoms with Gasteiger partial charge in [0, 0.05) is 31.2 Å². The number of hydrogen-bond donors (Lipinski definition) is 1. The summed E-state index contributed by atoms with van der Waals surface area (Å²) in [5.41, 5.74) is 3.65. The molecule has 2 aromatic rings. The number of halogens is 1. The molecule has 0 aliphatic carbocycles. The van der Waals surface area contributed by atoms with E-state index < -0.39 is 0 Å². The van der Waals surface area contributed by atoms with E-state index in [1.165, 1.54) is 31.5 Å². The van der Waals surface area contributed by atoms with Gasteiger partial charge in [-0.15, -0.1) is 0 Å². The predicted molar refractivity (Wildman–Crippen MR) is 122 cm³/mol. The molecule has 0 saturated carbocycles. The van der Waals surface area contributed by atoms with Crippen molar-refractivity contribution in [3.63, 3.8) is 0 Å². The van der Waals surface area contributed by atoms with Crippen LogP contribution in [0.2, 0.25) is 5.02 Å². The molecule has 0 unspecified atom stereocenters. The highest BCUT2D eigenvalue weighted by Crippen LogP contribution is 2.22. The van der Waals surface area contributed by atoms with E-state index in [1.54, 1.807) is 0 Å². The first kappa shape index (κ1) is 21.4. The molecule has 4 rings (SSSR count). The first-order valence-electron chi connectivity index (χ1n) is 11.2. The van der Waals surface area contributed by atoms with Gasteiger partial charge in [-0.1, -0.05) is 54.1 Å². The number of amides is 1. The molecule has 1 atom stereocenters. The van der Waals surface area contributed by atoms with E-state index in [2.05, 4.69) is 45.4 Å². The normalized spacial score (nSPS) is 20.4. The highest BCUT2D eigenvalue weighted by atomic mass is 35.5. The maximum atomic E-state index is 12.8. The molecule has 5 heteroatoms. The Morgan fingerprint density at radius 3 is 2.37 bits per heavy atom. The van der Waals surface area contributed by atoms with Gasteiger partial charge in [-0.25, -0.2) is 0 Å². The van der Waals surface area contributed by atoms with Gasteiger partial charge in [0.25, 0.3) is 0 Å². The third kappa shape index (κ3) is 5.84. The van der Waals surface area contributed by atoms with Crippen molar-refractivity contribution < 1.29 is 4.79 Å². The Balaban J connectivity index is 1.24. The molecule has 2 aliphatic heterocycles. The zero-order chi connectivity index (χ0) is 20.8. The molecule has 4 nitrogen and oxygen atoms in total. The summed E-state index contributed by atoms with van der Waals surface area (Å²) in [6, 6.07) is 16.7. The lowest BCUT2D eigenvalue weighted by Crippen LogP contribution is -2.42. The number of carbonyl (C=O) groups is 1. The van der Waals surface area contributed by atoms with Crippen LogP contribution < -0.4 is 5.32 Å². The summed E-state index contributed by atoms with van der Waals surface area (Å²) in [5.74, 6) is 0.218. The Morgan fingerprint density at radius 1 is 0.900 bits per heavy atom. The fraction of sp³-hybridized carbons (Fsp3) is 0.480. The molecule has 0 aromatic heterocycles. The van der Waals surface area contributed by atoms with Crippen molar-refractivity contribution in [2.24, 2.45) is 5.92 Å².